The number of pyridine rings is 1. The number of nitrogens with one attached hydrogen (secondary N) is 1. The molecular formula is C20H27IN4O. The van der Waals surface area contributed by atoms with Crippen LogP contribution in [0.5, 0.6) is 5.75 Å². The smallest absolute Gasteiger partial charge is 0.189 e. The maximum atomic E-state index is 6.02. The summed E-state index contributed by atoms with van der Waals surface area (Å²) in [7, 11) is 0. The van der Waals surface area contributed by atoms with Crippen molar-refractivity contribution in [2.45, 2.75) is 51.3 Å². The van der Waals surface area contributed by atoms with E-state index in [2.05, 4.69) is 15.3 Å². The third kappa shape index (κ3) is 6.82. The summed E-state index contributed by atoms with van der Waals surface area (Å²) in [6, 6.07) is 14.2. The lowest BCUT2D eigenvalue weighted by molar-refractivity contribution is 0.301. The molecule has 3 rings (SSSR count). The number of halogens is 1. The fourth-order valence-electron chi connectivity index (χ4n) is 3.05. The van der Waals surface area contributed by atoms with E-state index in [0.717, 1.165) is 17.0 Å². The number of rotatable bonds is 6. The average molecular weight is 466 g/mol. The van der Waals surface area contributed by atoms with Crippen molar-refractivity contribution in [3.05, 3.63) is 59.9 Å². The maximum Gasteiger partial charge on any atom is 0.189 e. The third-order valence-corrected chi connectivity index (χ3v) is 4.40. The highest BCUT2D eigenvalue weighted by atomic mass is 127. The van der Waals surface area contributed by atoms with Crippen molar-refractivity contribution in [3.8, 4) is 5.75 Å². The van der Waals surface area contributed by atoms with Crippen molar-refractivity contribution in [2.75, 3.05) is 0 Å². The minimum absolute atomic E-state index is 0. The van der Waals surface area contributed by atoms with Gasteiger partial charge in [-0.3, -0.25) is 4.98 Å². The molecule has 5 nitrogen and oxygen atoms in total. The predicted octanol–water partition coefficient (Wildman–Crippen LogP) is 4.02. The van der Waals surface area contributed by atoms with Crippen molar-refractivity contribution in [1.29, 1.82) is 0 Å². The highest BCUT2D eigenvalue weighted by molar-refractivity contribution is 14.0. The highest BCUT2D eigenvalue weighted by Crippen LogP contribution is 2.17. The molecule has 1 aromatic carbocycles. The molecule has 0 spiro atoms. The van der Waals surface area contributed by atoms with E-state index in [1.54, 1.807) is 6.20 Å². The number of nitrogens with two attached hydrogens (primary N) is 1. The minimum atomic E-state index is 0. The molecule has 0 bridgehead atoms. The fourth-order valence-corrected chi connectivity index (χ4v) is 3.05. The van der Waals surface area contributed by atoms with Crippen molar-refractivity contribution < 1.29 is 4.74 Å². The number of ether oxygens (including phenoxy) is 1. The Hall–Kier alpha value is -1.83. The number of aliphatic imine (C=N–C) groups is 1. The number of nitrogens with zero attached hydrogens (tertiary/aromatic N) is 2. The van der Waals surface area contributed by atoms with Gasteiger partial charge in [-0.15, -0.1) is 24.0 Å². The van der Waals surface area contributed by atoms with Gasteiger partial charge in [-0.25, -0.2) is 4.99 Å². The lowest BCUT2D eigenvalue weighted by Crippen LogP contribution is -2.41. The molecule has 1 aliphatic carbocycles. The first kappa shape index (κ1) is 20.5. The van der Waals surface area contributed by atoms with Crippen LogP contribution in [0.1, 0.15) is 43.4 Å². The summed E-state index contributed by atoms with van der Waals surface area (Å²) < 4.78 is 5.80. The van der Waals surface area contributed by atoms with E-state index in [9.17, 15) is 0 Å². The van der Waals surface area contributed by atoms with E-state index >= 15 is 0 Å². The molecule has 1 aromatic heterocycles. The Balaban J connectivity index is 0.00000243. The van der Waals surface area contributed by atoms with Gasteiger partial charge in [0, 0.05) is 12.2 Å². The van der Waals surface area contributed by atoms with Gasteiger partial charge in [-0.05, 0) is 42.7 Å². The summed E-state index contributed by atoms with van der Waals surface area (Å²) in [6.45, 7) is 1.01. The molecule has 0 atom stereocenters. The molecule has 1 fully saturated rings. The number of hydrogen-bond donors (Lipinski definition) is 2. The quantitative estimate of drug-likeness (QED) is 0.383. The predicted molar refractivity (Wildman–Crippen MR) is 116 cm³/mol. The van der Waals surface area contributed by atoms with Gasteiger partial charge in [0.05, 0.1) is 12.2 Å². The molecule has 0 saturated heterocycles. The Morgan fingerprint density at radius 1 is 1.15 bits per heavy atom. The Labute approximate surface area is 172 Å². The summed E-state index contributed by atoms with van der Waals surface area (Å²) in [5, 5.41) is 3.34. The van der Waals surface area contributed by atoms with E-state index < -0.39 is 0 Å². The second-order valence-corrected chi connectivity index (χ2v) is 6.44. The molecule has 6 heteroatoms. The Morgan fingerprint density at radius 3 is 2.77 bits per heavy atom. The van der Waals surface area contributed by atoms with E-state index in [4.69, 9.17) is 10.5 Å². The van der Waals surface area contributed by atoms with Crippen LogP contribution in [0.15, 0.2) is 53.7 Å². The summed E-state index contributed by atoms with van der Waals surface area (Å²) in [4.78, 5) is 8.72. The summed E-state index contributed by atoms with van der Waals surface area (Å²) in [5.74, 6) is 1.35. The second kappa shape index (κ2) is 11.0. The van der Waals surface area contributed by atoms with E-state index in [-0.39, 0.29) is 24.0 Å². The highest BCUT2D eigenvalue weighted by Gasteiger charge is 2.13. The average Bonchev–Trinajstić information content (AvgIpc) is 2.67. The van der Waals surface area contributed by atoms with Crippen LogP contribution in [0.25, 0.3) is 0 Å². The van der Waals surface area contributed by atoms with Crippen molar-refractivity contribution in [1.82, 2.24) is 10.3 Å². The molecule has 0 unspecified atom stereocenters. The molecule has 0 aliphatic heterocycles. The van der Waals surface area contributed by atoms with Crippen molar-refractivity contribution >= 4 is 29.9 Å². The van der Waals surface area contributed by atoms with Crippen LogP contribution in [0.4, 0.5) is 0 Å². The van der Waals surface area contributed by atoms with Crippen LogP contribution < -0.4 is 15.8 Å². The SMILES string of the molecule is I.NC(=NCc1cccc(OCc2ccccn2)c1)NC1CCCCC1. The van der Waals surface area contributed by atoms with E-state index in [0.29, 0.717) is 25.2 Å². The molecule has 140 valence electrons. The topological polar surface area (TPSA) is 72.5 Å². The molecule has 1 heterocycles. The van der Waals surface area contributed by atoms with Gasteiger partial charge in [-0.2, -0.15) is 0 Å². The monoisotopic (exact) mass is 466 g/mol. The maximum absolute atomic E-state index is 6.02. The molecule has 1 aliphatic rings. The van der Waals surface area contributed by atoms with Crippen LogP contribution in [-0.4, -0.2) is 17.0 Å². The molecule has 0 amide bonds. The third-order valence-electron chi connectivity index (χ3n) is 4.40. The molecule has 1 saturated carbocycles. The van der Waals surface area contributed by atoms with Gasteiger partial charge < -0.3 is 15.8 Å². The second-order valence-electron chi connectivity index (χ2n) is 6.44. The molecule has 2 aromatic rings. The first-order valence-corrected chi connectivity index (χ1v) is 8.98. The first-order chi connectivity index (χ1) is 12.3. The zero-order valence-electron chi connectivity index (χ0n) is 14.9. The number of hydrogen-bond acceptors (Lipinski definition) is 3. The van der Waals surface area contributed by atoms with Crippen LogP contribution >= 0.6 is 24.0 Å². The van der Waals surface area contributed by atoms with Gasteiger partial charge in [-0.1, -0.05) is 37.5 Å². The summed E-state index contributed by atoms with van der Waals surface area (Å²) in [5.41, 5.74) is 8.01. The van der Waals surface area contributed by atoms with E-state index in [1.807, 2.05) is 42.5 Å². The van der Waals surface area contributed by atoms with Gasteiger partial charge in [0.25, 0.3) is 0 Å². The lowest BCUT2D eigenvalue weighted by atomic mass is 9.96. The Morgan fingerprint density at radius 2 is 2.00 bits per heavy atom. The zero-order valence-corrected chi connectivity index (χ0v) is 17.3. The normalized spacial score (nSPS) is 15.2. The lowest BCUT2D eigenvalue weighted by Gasteiger charge is -2.23. The zero-order chi connectivity index (χ0) is 17.3. The number of guanidine groups is 1. The van der Waals surface area contributed by atoms with Crippen molar-refractivity contribution in [3.63, 3.8) is 0 Å². The van der Waals surface area contributed by atoms with Gasteiger partial charge in [0.15, 0.2) is 5.96 Å². The van der Waals surface area contributed by atoms with Crippen LogP contribution in [0.3, 0.4) is 0 Å². The molecular weight excluding hydrogens is 439 g/mol. The van der Waals surface area contributed by atoms with Crippen molar-refractivity contribution in [2.24, 2.45) is 10.7 Å². The Bertz CT molecular complexity index is 687. The van der Waals surface area contributed by atoms with Gasteiger partial charge in [0.2, 0.25) is 0 Å². The van der Waals surface area contributed by atoms with Gasteiger partial charge in [0.1, 0.15) is 12.4 Å². The Kier molecular flexibility index (Phi) is 8.67. The minimum Gasteiger partial charge on any atom is -0.487 e. The molecule has 0 radical (unpaired) electrons. The summed E-state index contributed by atoms with van der Waals surface area (Å²) in [6.07, 6.45) is 8.04. The number of aromatic nitrogens is 1. The fraction of sp³-hybridized carbons (Fsp3) is 0.400. The number of benzene rings is 1. The van der Waals surface area contributed by atoms with Crippen LogP contribution in [0.2, 0.25) is 0 Å². The first-order valence-electron chi connectivity index (χ1n) is 8.98. The van der Waals surface area contributed by atoms with E-state index in [1.165, 1.54) is 32.1 Å². The summed E-state index contributed by atoms with van der Waals surface area (Å²) >= 11 is 0. The van der Waals surface area contributed by atoms with Gasteiger partial charge >= 0.3 is 0 Å². The largest absolute Gasteiger partial charge is 0.487 e. The standard InChI is InChI=1S/C20H26N4O.HI/c21-20(24-17-8-2-1-3-9-17)23-14-16-7-6-11-19(13-16)25-15-18-10-4-5-12-22-18;/h4-7,10-13,17H,1-3,8-9,14-15H2,(H3,21,23,24);1H. The molecule has 26 heavy (non-hydrogen) atoms. The van der Waals surface area contributed by atoms with Crippen LogP contribution in [-0.2, 0) is 13.2 Å². The molecule has 3 N–H and O–H groups in total. The van der Waals surface area contributed by atoms with Crippen LogP contribution in [0, 0.1) is 0 Å².